The van der Waals surface area contributed by atoms with Gasteiger partial charge in [0.25, 0.3) is 5.56 Å². The molecule has 118 valence electrons. The Morgan fingerprint density at radius 3 is 3.00 bits per heavy atom. The van der Waals surface area contributed by atoms with Crippen LogP contribution in [0.25, 0.3) is 0 Å². The highest BCUT2D eigenvalue weighted by atomic mass is 35.5. The first-order valence-electron chi connectivity index (χ1n) is 8.11. The molecule has 1 aliphatic carbocycles. The van der Waals surface area contributed by atoms with Crippen LogP contribution >= 0.6 is 11.6 Å². The van der Waals surface area contributed by atoms with E-state index in [0.29, 0.717) is 18.2 Å². The largest absolute Gasteiger partial charge is 0.382 e. The fraction of sp³-hybridized carbons (Fsp3) is 0.750. The van der Waals surface area contributed by atoms with Gasteiger partial charge in [0.05, 0.1) is 11.9 Å². The van der Waals surface area contributed by atoms with E-state index in [-0.39, 0.29) is 10.6 Å². The molecule has 0 radical (unpaired) electrons. The lowest BCUT2D eigenvalue weighted by molar-refractivity contribution is 0.293. The summed E-state index contributed by atoms with van der Waals surface area (Å²) >= 11 is 6.19. The third kappa shape index (κ3) is 4.47. The molecule has 1 N–H and O–H groups in total. The van der Waals surface area contributed by atoms with Crippen LogP contribution in [0.5, 0.6) is 0 Å². The van der Waals surface area contributed by atoms with Gasteiger partial charge < -0.3 is 5.32 Å². The van der Waals surface area contributed by atoms with Crippen molar-refractivity contribution < 1.29 is 0 Å². The average Bonchev–Trinajstić information content (AvgIpc) is 2.48. The maximum absolute atomic E-state index is 12.1. The maximum atomic E-state index is 12.1. The van der Waals surface area contributed by atoms with E-state index >= 15 is 0 Å². The first kappa shape index (κ1) is 16.3. The molecular weight excluding hydrogens is 286 g/mol. The number of nitrogens with zero attached hydrogens (tertiary/aromatic N) is 2. The third-order valence-electron chi connectivity index (χ3n) is 4.33. The zero-order chi connectivity index (χ0) is 15.2. The van der Waals surface area contributed by atoms with Crippen LogP contribution in [0.4, 0.5) is 5.69 Å². The fourth-order valence-electron chi connectivity index (χ4n) is 3.05. The van der Waals surface area contributed by atoms with Crippen LogP contribution in [0.1, 0.15) is 52.4 Å². The van der Waals surface area contributed by atoms with Crippen LogP contribution in [0.2, 0.25) is 5.02 Å². The Hall–Kier alpha value is -1.03. The van der Waals surface area contributed by atoms with E-state index in [4.69, 9.17) is 11.6 Å². The molecule has 0 spiro atoms. The summed E-state index contributed by atoms with van der Waals surface area (Å²) in [6.07, 6.45) is 8.82. The van der Waals surface area contributed by atoms with Crippen LogP contribution in [-0.4, -0.2) is 16.3 Å². The molecule has 2 unspecified atom stereocenters. The molecule has 2 rings (SSSR count). The fourth-order valence-corrected chi connectivity index (χ4v) is 3.27. The lowest BCUT2D eigenvalue weighted by atomic mass is 9.82. The number of anilines is 1. The highest BCUT2D eigenvalue weighted by molar-refractivity contribution is 6.32. The highest BCUT2D eigenvalue weighted by Crippen LogP contribution is 2.29. The predicted molar refractivity (Wildman–Crippen MR) is 88.0 cm³/mol. The first-order chi connectivity index (χ1) is 10.1. The van der Waals surface area contributed by atoms with Gasteiger partial charge >= 0.3 is 0 Å². The Bertz CT molecular complexity index is 515. The Kier molecular flexibility index (Phi) is 6.09. The van der Waals surface area contributed by atoms with Crippen molar-refractivity contribution >= 4 is 17.3 Å². The first-order valence-corrected chi connectivity index (χ1v) is 8.49. The number of rotatable bonds is 6. The van der Waals surface area contributed by atoms with Crippen molar-refractivity contribution in [3.8, 4) is 0 Å². The standard InChI is InChI=1S/C16H26ClN3O/c1-3-4-8-20-16(21)15(17)14(11-19-20)18-10-13-7-5-6-12(2)9-13/h11-13,18H,3-10H2,1-2H3. The molecule has 21 heavy (non-hydrogen) atoms. The molecule has 0 aliphatic heterocycles. The lowest BCUT2D eigenvalue weighted by Gasteiger charge is -2.27. The zero-order valence-electron chi connectivity index (χ0n) is 13.1. The van der Waals surface area contributed by atoms with Crippen LogP contribution < -0.4 is 10.9 Å². The molecule has 2 atom stereocenters. The molecule has 0 aromatic carbocycles. The van der Waals surface area contributed by atoms with Crippen LogP contribution in [0, 0.1) is 11.8 Å². The number of aromatic nitrogens is 2. The van der Waals surface area contributed by atoms with Gasteiger partial charge in [0.2, 0.25) is 0 Å². The molecule has 0 amide bonds. The average molecular weight is 312 g/mol. The van der Waals surface area contributed by atoms with E-state index < -0.39 is 0 Å². The van der Waals surface area contributed by atoms with Crippen LogP contribution in [0.3, 0.4) is 0 Å². The minimum absolute atomic E-state index is 0.188. The van der Waals surface area contributed by atoms with Crippen molar-refractivity contribution in [3.05, 3.63) is 21.6 Å². The van der Waals surface area contributed by atoms with Crippen molar-refractivity contribution in [3.63, 3.8) is 0 Å². The molecule has 1 aliphatic rings. The second-order valence-corrected chi connectivity index (χ2v) is 6.65. The van der Waals surface area contributed by atoms with E-state index in [1.54, 1.807) is 6.20 Å². The normalized spacial score (nSPS) is 22.2. The monoisotopic (exact) mass is 311 g/mol. The number of halogens is 1. The second kappa shape index (κ2) is 7.83. The van der Waals surface area contributed by atoms with E-state index in [9.17, 15) is 4.79 Å². The Balaban J connectivity index is 1.97. The smallest absolute Gasteiger partial charge is 0.287 e. The third-order valence-corrected chi connectivity index (χ3v) is 4.70. The summed E-state index contributed by atoms with van der Waals surface area (Å²) < 4.78 is 1.46. The van der Waals surface area contributed by atoms with E-state index in [1.165, 1.54) is 30.4 Å². The van der Waals surface area contributed by atoms with Gasteiger partial charge in [-0.1, -0.05) is 44.7 Å². The van der Waals surface area contributed by atoms with Crippen LogP contribution in [-0.2, 0) is 6.54 Å². The number of hydrogen-bond donors (Lipinski definition) is 1. The van der Waals surface area contributed by atoms with Gasteiger partial charge in [-0.05, 0) is 31.1 Å². The topological polar surface area (TPSA) is 46.9 Å². The van der Waals surface area contributed by atoms with Crippen molar-refractivity contribution in [2.75, 3.05) is 11.9 Å². The van der Waals surface area contributed by atoms with Crippen molar-refractivity contribution in [1.29, 1.82) is 0 Å². The summed E-state index contributed by atoms with van der Waals surface area (Å²) in [5.41, 5.74) is 0.486. The Morgan fingerprint density at radius 1 is 1.48 bits per heavy atom. The van der Waals surface area contributed by atoms with Crippen molar-refractivity contribution in [1.82, 2.24) is 9.78 Å². The molecule has 4 nitrogen and oxygen atoms in total. The van der Waals surface area contributed by atoms with E-state index in [2.05, 4.69) is 24.3 Å². The second-order valence-electron chi connectivity index (χ2n) is 6.27. The van der Waals surface area contributed by atoms with Crippen LogP contribution in [0.15, 0.2) is 11.0 Å². The lowest BCUT2D eigenvalue weighted by Crippen LogP contribution is -2.26. The van der Waals surface area contributed by atoms with E-state index in [0.717, 1.165) is 25.3 Å². The summed E-state index contributed by atoms with van der Waals surface area (Å²) in [5, 5.41) is 7.80. The Labute approximate surface area is 131 Å². The summed E-state index contributed by atoms with van der Waals surface area (Å²) in [5.74, 6) is 1.48. The van der Waals surface area contributed by atoms with Gasteiger partial charge in [-0.15, -0.1) is 0 Å². The molecule has 1 aromatic heterocycles. The van der Waals surface area contributed by atoms with E-state index in [1.807, 2.05) is 0 Å². The predicted octanol–water partition coefficient (Wildman–Crippen LogP) is 3.94. The van der Waals surface area contributed by atoms with Gasteiger partial charge in [-0.2, -0.15) is 5.10 Å². The van der Waals surface area contributed by atoms with Gasteiger partial charge in [0, 0.05) is 13.1 Å². The molecule has 1 aromatic rings. The summed E-state index contributed by atoms with van der Waals surface area (Å²) in [4.78, 5) is 12.1. The maximum Gasteiger partial charge on any atom is 0.287 e. The molecule has 5 heteroatoms. The zero-order valence-corrected chi connectivity index (χ0v) is 13.8. The van der Waals surface area contributed by atoms with Gasteiger partial charge in [0.1, 0.15) is 5.02 Å². The molecule has 0 saturated heterocycles. The highest BCUT2D eigenvalue weighted by Gasteiger charge is 2.19. The summed E-state index contributed by atoms with van der Waals surface area (Å²) in [6, 6.07) is 0. The minimum atomic E-state index is -0.188. The Morgan fingerprint density at radius 2 is 2.29 bits per heavy atom. The number of nitrogens with one attached hydrogen (secondary N) is 1. The van der Waals surface area contributed by atoms with Gasteiger partial charge in [-0.3, -0.25) is 4.79 Å². The van der Waals surface area contributed by atoms with Crippen molar-refractivity contribution in [2.45, 2.75) is 58.9 Å². The van der Waals surface area contributed by atoms with Gasteiger partial charge in [-0.25, -0.2) is 4.68 Å². The summed E-state index contributed by atoms with van der Waals surface area (Å²) in [6.45, 7) is 5.92. The number of unbranched alkanes of at least 4 members (excludes halogenated alkanes) is 1. The molecule has 1 fully saturated rings. The molecular formula is C16H26ClN3O. The number of aryl methyl sites for hydroxylation is 1. The molecule has 0 bridgehead atoms. The quantitative estimate of drug-likeness (QED) is 0.865. The van der Waals surface area contributed by atoms with Gasteiger partial charge in [0.15, 0.2) is 0 Å². The molecule has 1 saturated carbocycles. The minimum Gasteiger partial charge on any atom is -0.382 e. The SMILES string of the molecule is CCCCn1ncc(NCC2CCCC(C)C2)c(Cl)c1=O. The van der Waals surface area contributed by atoms with Crippen molar-refractivity contribution in [2.24, 2.45) is 11.8 Å². The number of hydrogen-bond acceptors (Lipinski definition) is 3. The summed E-state index contributed by atoms with van der Waals surface area (Å²) in [7, 11) is 0. The molecule has 1 heterocycles.